The van der Waals surface area contributed by atoms with Crippen LogP contribution in [0.5, 0.6) is 5.75 Å². The van der Waals surface area contributed by atoms with Gasteiger partial charge in [0, 0.05) is 34.2 Å². The fourth-order valence-electron chi connectivity index (χ4n) is 1.90. The Labute approximate surface area is 135 Å². The van der Waals surface area contributed by atoms with Gasteiger partial charge in [-0.25, -0.2) is 4.79 Å². The number of rotatable bonds is 4. The number of halogens is 2. The van der Waals surface area contributed by atoms with E-state index in [-0.39, 0.29) is 17.9 Å². The van der Waals surface area contributed by atoms with Crippen LogP contribution in [0.2, 0.25) is 10.0 Å². The van der Waals surface area contributed by atoms with Gasteiger partial charge in [0.1, 0.15) is 5.75 Å². The van der Waals surface area contributed by atoms with Gasteiger partial charge >= 0.3 is 6.16 Å². The van der Waals surface area contributed by atoms with Crippen LogP contribution in [0.1, 0.15) is 11.1 Å². The van der Waals surface area contributed by atoms with E-state index in [0.29, 0.717) is 21.2 Å². The lowest BCUT2D eigenvalue weighted by molar-refractivity contribution is -0.384. The fourth-order valence-corrected chi connectivity index (χ4v) is 2.43. The minimum absolute atomic E-state index is 0.00548. The molecule has 0 bridgehead atoms. The van der Waals surface area contributed by atoms with Crippen LogP contribution in [-0.2, 0) is 6.42 Å². The summed E-state index contributed by atoms with van der Waals surface area (Å²) in [5.74, 6) is -0.00548. The Bertz CT molecular complexity index is 728. The van der Waals surface area contributed by atoms with E-state index >= 15 is 0 Å². The summed E-state index contributed by atoms with van der Waals surface area (Å²) >= 11 is 12.1. The summed E-state index contributed by atoms with van der Waals surface area (Å²) in [6.45, 7) is 0. The van der Waals surface area contributed by atoms with E-state index in [1.807, 2.05) is 0 Å². The number of nitro groups is 1. The van der Waals surface area contributed by atoms with E-state index in [1.54, 1.807) is 18.2 Å². The first-order valence-electron chi connectivity index (χ1n) is 5.99. The van der Waals surface area contributed by atoms with Crippen molar-refractivity contribution >= 4 is 35.0 Å². The van der Waals surface area contributed by atoms with Gasteiger partial charge in [-0.3, -0.25) is 10.1 Å². The molecule has 0 radical (unpaired) electrons. The molecule has 2 rings (SSSR count). The lowest BCUT2D eigenvalue weighted by atomic mass is 10.0. The first kappa shape index (κ1) is 16.1. The molecule has 0 saturated heterocycles. The number of hydrogen-bond donors (Lipinski definition) is 1. The lowest BCUT2D eigenvalue weighted by Crippen LogP contribution is -2.06. The number of hydrogen-bond acceptors (Lipinski definition) is 4. The zero-order valence-corrected chi connectivity index (χ0v) is 12.5. The lowest BCUT2D eigenvalue weighted by Gasteiger charge is -2.10. The molecule has 0 spiro atoms. The van der Waals surface area contributed by atoms with Crippen molar-refractivity contribution in [2.75, 3.05) is 0 Å². The summed E-state index contributed by atoms with van der Waals surface area (Å²) in [6.07, 6.45) is -1.41. The van der Waals surface area contributed by atoms with Crippen LogP contribution >= 0.6 is 23.2 Å². The number of nitro benzene ring substituents is 1. The average Bonchev–Trinajstić information content (AvgIpc) is 2.43. The third-order valence-electron chi connectivity index (χ3n) is 2.88. The van der Waals surface area contributed by atoms with Gasteiger partial charge in [-0.05, 0) is 23.8 Å². The molecule has 0 unspecified atom stereocenters. The number of ether oxygens (including phenoxy) is 1. The molecular weight excluding hydrogens is 333 g/mol. The van der Waals surface area contributed by atoms with Gasteiger partial charge in [-0.1, -0.05) is 29.3 Å². The second kappa shape index (κ2) is 6.64. The Hall–Kier alpha value is -2.31. The minimum Gasteiger partial charge on any atom is -0.449 e. The largest absolute Gasteiger partial charge is 0.511 e. The van der Waals surface area contributed by atoms with E-state index < -0.39 is 11.1 Å². The SMILES string of the molecule is O=C(O)Oc1ccc([N+](=O)[O-])cc1Cc1c(Cl)cccc1Cl. The topological polar surface area (TPSA) is 89.7 Å². The maximum atomic E-state index is 10.9. The number of carbonyl (C=O) groups is 1. The molecule has 0 aliphatic carbocycles. The molecule has 114 valence electrons. The molecular formula is C14H9Cl2NO5. The number of benzene rings is 2. The van der Waals surface area contributed by atoms with E-state index in [0.717, 1.165) is 6.07 Å². The van der Waals surface area contributed by atoms with Crippen molar-refractivity contribution < 1.29 is 19.6 Å². The zero-order valence-electron chi connectivity index (χ0n) is 11.0. The highest BCUT2D eigenvalue weighted by molar-refractivity contribution is 6.36. The van der Waals surface area contributed by atoms with Crippen molar-refractivity contribution in [1.82, 2.24) is 0 Å². The molecule has 0 heterocycles. The molecule has 0 aliphatic heterocycles. The van der Waals surface area contributed by atoms with Crippen LogP contribution in [0.4, 0.5) is 10.5 Å². The maximum Gasteiger partial charge on any atom is 0.511 e. The van der Waals surface area contributed by atoms with Crippen molar-refractivity contribution in [2.24, 2.45) is 0 Å². The highest BCUT2D eigenvalue weighted by Gasteiger charge is 2.16. The van der Waals surface area contributed by atoms with Gasteiger partial charge in [-0.15, -0.1) is 0 Å². The molecule has 1 N–H and O–H groups in total. The molecule has 6 nitrogen and oxygen atoms in total. The Morgan fingerprint density at radius 1 is 1.23 bits per heavy atom. The number of carboxylic acid groups (broad SMARTS) is 1. The van der Waals surface area contributed by atoms with Crippen LogP contribution in [0.25, 0.3) is 0 Å². The molecule has 0 saturated carbocycles. The minimum atomic E-state index is -1.51. The van der Waals surface area contributed by atoms with E-state index in [2.05, 4.69) is 4.74 Å². The van der Waals surface area contributed by atoms with Crippen molar-refractivity contribution in [3.8, 4) is 5.75 Å². The van der Waals surface area contributed by atoms with Crippen molar-refractivity contribution in [3.05, 3.63) is 67.7 Å². The third-order valence-corrected chi connectivity index (χ3v) is 3.59. The van der Waals surface area contributed by atoms with Gasteiger partial charge < -0.3 is 9.84 Å². The van der Waals surface area contributed by atoms with Crippen LogP contribution in [-0.4, -0.2) is 16.2 Å². The van der Waals surface area contributed by atoms with Gasteiger partial charge in [-0.2, -0.15) is 0 Å². The molecule has 0 atom stereocenters. The Kier molecular flexibility index (Phi) is 4.85. The van der Waals surface area contributed by atoms with Gasteiger partial charge in [0.15, 0.2) is 0 Å². The first-order chi connectivity index (χ1) is 10.4. The van der Waals surface area contributed by atoms with Crippen molar-refractivity contribution in [1.29, 1.82) is 0 Å². The molecule has 2 aromatic carbocycles. The fraction of sp³-hybridized carbons (Fsp3) is 0.0714. The summed E-state index contributed by atoms with van der Waals surface area (Å²) in [5.41, 5.74) is 0.643. The quantitative estimate of drug-likeness (QED) is 0.381. The molecule has 0 fully saturated rings. The van der Waals surface area contributed by atoms with Gasteiger partial charge in [0.2, 0.25) is 0 Å². The standard InChI is InChI=1S/C14H9Cl2NO5/c15-11-2-1-3-12(16)10(11)7-8-6-9(17(20)21)4-5-13(8)22-14(18)19/h1-6H,7H2,(H,18,19). The van der Waals surface area contributed by atoms with Crippen LogP contribution in [0.15, 0.2) is 36.4 Å². The van der Waals surface area contributed by atoms with Gasteiger partial charge in [0.25, 0.3) is 5.69 Å². The summed E-state index contributed by atoms with van der Waals surface area (Å²) < 4.78 is 4.64. The van der Waals surface area contributed by atoms with Gasteiger partial charge in [0.05, 0.1) is 4.92 Å². The Morgan fingerprint density at radius 3 is 2.41 bits per heavy atom. The van der Waals surface area contributed by atoms with E-state index in [1.165, 1.54) is 12.1 Å². The predicted octanol–water partition coefficient (Wildman–Crippen LogP) is 4.55. The summed E-state index contributed by atoms with van der Waals surface area (Å²) in [6, 6.07) is 8.53. The van der Waals surface area contributed by atoms with Crippen LogP contribution in [0, 0.1) is 10.1 Å². The summed E-state index contributed by atoms with van der Waals surface area (Å²) in [4.78, 5) is 21.0. The second-order valence-electron chi connectivity index (χ2n) is 4.29. The number of nitrogens with zero attached hydrogens (tertiary/aromatic N) is 1. The number of non-ortho nitro benzene ring substituents is 1. The second-order valence-corrected chi connectivity index (χ2v) is 5.11. The maximum absolute atomic E-state index is 10.9. The van der Waals surface area contributed by atoms with Crippen LogP contribution in [0.3, 0.4) is 0 Å². The first-order valence-corrected chi connectivity index (χ1v) is 6.75. The molecule has 2 aromatic rings. The summed E-state index contributed by atoms with van der Waals surface area (Å²) in [5, 5.41) is 20.4. The molecule has 0 aliphatic rings. The average molecular weight is 342 g/mol. The van der Waals surface area contributed by atoms with E-state index in [9.17, 15) is 14.9 Å². The third kappa shape index (κ3) is 3.66. The highest BCUT2D eigenvalue weighted by atomic mass is 35.5. The van der Waals surface area contributed by atoms with Crippen molar-refractivity contribution in [2.45, 2.75) is 6.42 Å². The Balaban J connectivity index is 2.48. The predicted molar refractivity (Wildman–Crippen MR) is 81.0 cm³/mol. The summed E-state index contributed by atoms with van der Waals surface area (Å²) in [7, 11) is 0. The van der Waals surface area contributed by atoms with E-state index in [4.69, 9.17) is 28.3 Å². The smallest absolute Gasteiger partial charge is 0.449 e. The molecule has 0 amide bonds. The van der Waals surface area contributed by atoms with Crippen LogP contribution < -0.4 is 4.74 Å². The van der Waals surface area contributed by atoms with Crippen molar-refractivity contribution in [3.63, 3.8) is 0 Å². The molecule has 22 heavy (non-hydrogen) atoms. The monoisotopic (exact) mass is 341 g/mol. The molecule has 0 aromatic heterocycles. The normalized spacial score (nSPS) is 10.3. The molecule has 8 heteroatoms. The Morgan fingerprint density at radius 2 is 1.86 bits per heavy atom. The zero-order chi connectivity index (χ0) is 16.3. The highest BCUT2D eigenvalue weighted by Crippen LogP contribution is 2.32.